The van der Waals surface area contributed by atoms with Gasteiger partial charge in [-0.15, -0.1) is 0 Å². The van der Waals surface area contributed by atoms with E-state index in [4.69, 9.17) is 4.42 Å². The lowest BCUT2D eigenvalue weighted by Crippen LogP contribution is -2.14. The topological polar surface area (TPSA) is 25.2 Å². The number of nitrogens with one attached hydrogen (secondary N) is 1. The van der Waals surface area contributed by atoms with Crippen molar-refractivity contribution in [3.05, 3.63) is 21.7 Å². The van der Waals surface area contributed by atoms with Crippen LogP contribution >= 0.6 is 22.6 Å². The lowest BCUT2D eigenvalue weighted by Gasteiger charge is -2.04. The van der Waals surface area contributed by atoms with Crippen LogP contribution in [0.5, 0.6) is 0 Å². The van der Waals surface area contributed by atoms with Crippen molar-refractivity contribution in [1.29, 1.82) is 0 Å². The fraction of sp³-hybridized carbons (Fsp3) is 0.636. The quantitative estimate of drug-likeness (QED) is 0.643. The minimum absolute atomic E-state index is 0.807. The third kappa shape index (κ3) is 5.00. The van der Waals surface area contributed by atoms with Gasteiger partial charge in [-0.3, -0.25) is 0 Å². The van der Waals surface area contributed by atoms with E-state index in [-0.39, 0.29) is 0 Å². The molecule has 0 saturated heterocycles. The van der Waals surface area contributed by atoms with E-state index >= 15 is 0 Å². The molecule has 0 aliphatic heterocycles. The van der Waals surface area contributed by atoms with Crippen LogP contribution in [0.25, 0.3) is 0 Å². The summed E-state index contributed by atoms with van der Waals surface area (Å²) >= 11 is 2.18. The second-order valence-electron chi connectivity index (χ2n) is 3.92. The highest BCUT2D eigenvalue weighted by molar-refractivity contribution is 14.1. The van der Waals surface area contributed by atoms with Crippen LogP contribution in [0.4, 0.5) is 0 Å². The molecule has 0 bridgehead atoms. The molecular weight excluding hydrogens is 289 g/mol. The van der Waals surface area contributed by atoms with Crippen molar-refractivity contribution < 1.29 is 4.42 Å². The average molecular weight is 307 g/mol. The molecule has 0 fully saturated rings. The van der Waals surface area contributed by atoms with E-state index < -0.39 is 0 Å². The first-order chi connectivity index (χ1) is 6.68. The molecule has 0 aliphatic carbocycles. The van der Waals surface area contributed by atoms with Crippen LogP contribution in [0.2, 0.25) is 0 Å². The number of furan rings is 1. The minimum atomic E-state index is 0.807. The predicted octanol–water partition coefficient (Wildman–Crippen LogP) is 3.41. The molecule has 1 aromatic heterocycles. The predicted molar refractivity (Wildman–Crippen MR) is 67.2 cm³/mol. The maximum absolute atomic E-state index is 5.44. The molecule has 0 spiro atoms. The third-order valence-corrected chi connectivity index (χ3v) is 2.64. The Kier molecular flexibility index (Phi) is 5.55. The molecule has 0 saturated carbocycles. The van der Waals surface area contributed by atoms with E-state index in [0.717, 1.165) is 28.5 Å². The molecule has 2 nitrogen and oxygen atoms in total. The monoisotopic (exact) mass is 307 g/mol. The van der Waals surface area contributed by atoms with Crippen molar-refractivity contribution >= 4 is 22.6 Å². The van der Waals surface area contributed by atoms with E-state index in [2.05, 4.69) is 41.8 Å². The summed E-state index contributed by atoms with van der Waals surface area (Å²) in [6.07, 6.45) is 2.54. The number of rotatable bonds is 6. The Morgan fingerprint density at radius 1 is 1.43 bits per heavy atom. The normalized spacial score (nSPS) is 11.1. The van der Waals surface area contributed by atoms with Crippen molar-refractivity contribution in [2.24, 2.45) is 5.92 Å². The first-order valence-electron chi connectivity index (χ1n) is 5.13. The van der Waals surface area contributed by atoms with Crippen LogP contribution < -0.4 is 5.32 Å². The smallest absolute Gasteiger partial charge is 0.164 e. The van der Waals surface area contributed by atoms with Crippen molar-refractivity contribution in [3.8, 4) is 0 Å². The van der Waals surface area contributed by atoms with Gasteiger partial charge in [0.2, 0.25) is 0 Å². The van der Waals surface area contributed by atoms with Gasteiger partial charge in [0.15, 0.2) is 3.77 Å². The van der Waals surface area contributed by atoms with Gasteiger partial charge in [0, 0.05) is 0 Å². The summed E-state index contributed by atoms with van der Waals surface area (Å²) in [6.45, 7) is 6.44. The SMILES string of the molecule is CC(C)CCCNCc1ccc(I)o1. The van der Waals surface area contributed by atoms with Gasteiger partial charge in [-0.05, 0) is 60.0 Å². The zero-order chi connectivity index (χ0) is 10.4. The van der Waals surface area contributed by atoms with Gasteiger partial charge in [0.1, 0.15) is 5.76 Å². The summed E-state index contributed by atoms with van der Waals surface area (Å²) in [6, 6.07) is 4.02. The van der Waals surface area contributed by atoms with E-state index in [1.165, 1.54) is 12.8 Å². The van der Waals surface area contributed by atoms with Crippen molar-refractivity contribution in [1.82, 2.24) is 5.32 Å². The first-order valence-corrected chi connectivity index (χ1v) is 6.21. The Hall–Kier alpha value is -0.0300. The molecular formula is C11H18INO. The molecule has 0 unspecified atom stereocenters. The van der Waals surface area contributed by atoms with Gasteiger partial charge in [-0.1, -0.05) is 13.8 Å². The molecule has 80 valence electrons. The standard InChI is InChI=1S/C11H18INO/c1-9(2)4-3-7-13-8-10-5-6-11(12)14-10/h5-6,9,13H,3-4,7-8H2,1-2H3. The number of halogens is 1. The molecule has 14 heavy (non-hydrogen) atoms. The molecule has 0 amide bonds. The number of hydrogen-bond acceptors (Lipinski definition) is 2. The molecule has 1 aromatic rings. The molecule has 0 radical (unpaired) electrons. The Bertz CT molecular complexity index is 258. The molecule has 3 heteroatoms. The van der Waals surface area contributed by atoms with Crippen LogP contribution in [-0.4, -0.2) is 6.54 Å². The zero-order valence-electron chi connectivity index (χ0n) is 8.85. The maximum atomic E-state index is 5.44. The van der Waals surface area contributed by atoms with Crippen LogP contribution in [-0.2, 0) is 6.54 Å². The lowest BCUT2D eigenvalue weighted by molar-refractivity contribution is 0.454. The Balaban J connectivity index is 2.04. The van der Waals surface area contributed by atoms with Gasteiger partial charge < -0.3 is 9.73 Å². The second kappa shape index (κ2) is 6.45. The fourth-order valence-corrected chi connectivity index (χ4v) is 1.76. The van der Waals surface area contributed by atoms with Gasteiger partial charge >= 0.3 is 0 Å². The zero-order valence-corrected chi connectivity index (χ0v) is 11.0. The number of hydrogen-bond donors (Lipinski definition) is 1. The summed E-state index contributed by atoms with van der Waals surface area (Å²) in [5.41, 5.74) is 0. The molecule has 1 heterocycles. The van der Waals surface area contributed by atoms with Crippen LogP contribution in [0, 0.1) is 9.68 Å². The van der Waals surface area contributed by atoms with Crippen molar-refractivity contribution in [2.45, 2.75) is 33.2 Å². The van der Waals surface area contributed by atoms with E-state index in [1.807, 2.05) is 12.1 Å². The van der Waals surface area contributed by atoms with Gasteiger partial charge in [-0.25, -0.2) is 0 Å². The van der Waals surface area contributed by atoms with Crippen LogP contribution in [0.15, 0.2) is 16.5 Å². The Labute approximate surface area is 99.6 Å². The largest absolute Gasteiger partial charge is 0.454 e. The van der Waals surface area contributed by atoms with E-state index in [0.29, 0.717) is 0 Å². The summed E-state index contributed by atoms with van der Waals surface area (Å²) in [5, 5.41) is 3.37. The fourth-order valence-electron chi connectivity index (χ4n) is 1.29. The van der Waals surface area contributed by atoms with E-state index in [1.54, 1.807) is 0 Å². The average Bonchev–Trinajstić information content (AvgIpc) is 2.50. The Morgan fingerprint density at radius 3 is 2.79 bits per heavy atom. The maximum Gasteiger partial charge on any atom is 0.164 e. The molecule has 1 N–H and O–H groups in total. The molecule has 1 rings (SSSR count). The van der Waals surface area contributed by atoms with Gasteiger partial charge in [-0.2, -0.15) is 0 Å². The van der Waals surface area contributed by atoms with Gasteiger partial charge in [0.05, 0.1) is 6.54 Å². The highest BCUT2D eigenvalue weighted by atomic mass is 127. The van der Waals surface area contributed by atoms with Crippen molar-refractivity contribution in [2.75, 3.05) is 6.54 Å². The van der Waals surface area contributed by atoms with Crippen LogP contribution in [0.3, 0.4) is 0 Å². The summed E-state index contributed by atoms with van der Waals surface area (Å²) in [4.78, 5) is 0. The summed E-state index contributed by atoms with van der Waals surface area (Å²) < 4.78 is 6.40. The highest BCUT2D eigenvalue weighted by Gasteiger charge is 1.98. The highest BCUT2D eigenvalue weighted by Crippen LogP contribution is 2.09. The van der Waals surface area contributed by atoms with E-state index in [9.17, 15) is 0 Å². The summed E-state index contributed by atoms with van der Waals surface area (Å²) in [7, 11) is 0. The first kappa shape index (κ1) is 12.0. The minimum Gasteiger partial charge on any atom is -0.454 e. The van der Waals surface area contributed by atoms with Crippen LogP contribution in [0.1, 0.15) is 32.4 Å². The molecule has 0 aliphatic rings. The Morgan fingerprint density at radius 2 is 2.21 bits per heavy atom. The van der Waals surface area contributed by atoms with Crippen molar-refractivity contribution in [3.63, 3.8) is 0 Å². The molecule has 0 aromatic carbocycles. The molecule has 0 atom stereocenters. The summed E-state index contributed by atoms with van der Waals surface area (Å²) in [5.74, 6) is 1.83. The third-order valence-electron chi connectivity index (χ3n) is 2.06. The lowest BCUT2D eigenvalue weighted by atomic mass is 10.1. The second-order valence-corrected chi connectivity index (χ2v) is 4.98. The van der Waals surface area contributed by atoms with Gasteiger partial charge in [0.25, 0.3) is 0 Å².